The van der Waals surface area contributed by atoms with Crippen LogP contribution in [0.25, 0.3) is 0 Å². The van der Waals surface area contributed by atoms with Crippen LogP contribution in [0.2, 0.25) is 0 Å². The summed E-state index contributed by atoms with van der Waals surface area (Å²) in [5.41, 5.74) is -0.439. The van der Waals surface area contributed by atoms with E-state index in [0.717, 1.165) is 51.7 Å². The Morgan fingerprint density at radius 3 is 2.50 bits per heavy atom. The fourth-order valence-electron chi connectivity index (χ4n) is 3.30. The van der Waals surface area contributed by atoms with E-state index in [1.807, 2.05) is 6.92 Å². The number of ketones is 1. The SMILES string of the molecule is CCOC1(C(=O)CC2CCOCC2)CCCCC1. The summed E-state index contributed by atoms with van der Waals surface area (Å²) in [5, 5.41) is 0. The summed E-state index contributed by atoms with van der Waals surface area (Å²) >= 11 is 0. The second kappa shape index (κ2) is 6.67. The molecular weight excluding hydrogens is 228 g/mol. The van der Waals surface area contributed by atoms with Crippen LogP contribution in [0.1, 0.15) is 58.3 Å². The smallest absolute Gasteiger partial charge is 0.164 e. The molecule has 1 saturated carbocycles. The van der Waals surface area contributed by atoms with Crippen LogP contribution in [-0.2, 0) is 14.3 Å². The highest BCUT2D eigenvalue weighted by atomic mass is 16.5. The average molecular weight is 254 g/mol. The lowest BCUT2D eigenvalue weighted by Crippen LogP contribution is -2.44. The molecule has 0 N–H and O–H groups in total. The van der Waals surface area contributed by atoms with E-state index in [0.29, 0.717) is 24.7 Å². The highest BCUT2D eigenvalue weighted by Crippen LogP contribution is 2.35. The average Bonchev–Trinajstić information content (AvgIpc) is 2.41. The maximum Gasteiger partial charge on any atom is 0.164 e. The van der Waals surface area contributed by atoms with Gasteiger partial charge in [-0.3, -0.25) is 4.79 Å². The predicted octanol–water partition coefficient (Wildman–Crippen LogP) is 3.11. The Labute approximate surface area is 110 Å². The minimum absolute atomic E-state index is 0.357. The van der Waals surface area contributed by atoms with Gasteiger partial charge in [-0.25, -0.2) is 0 Å². The molecule has 0 aromatic carbocycles. The van der Waals surface area contributed by atoms with E-state index in [1.165, 1.54) is 6.42 Å². The molecule has 3 nitrogen and oxygen atoms in total. The zero-order chi connectivity index (χ0) is 12.8. The van der Waals surface area contributed by atoms with E-state index in [-0.39, 0.29) is 0 Å². The van der Waals surface area contributed by atoms with Crippen LogP contribution in [0.3, 0.4) is 0 Å². The van der Waals surface area contributed by atoms with Gasteiger partial charge in [0.2, 0.25) is 0 Å². The topological polar surface area (TPSA) is 35.5 Å². The zero-order valence-corrected chi connectivity index (χ0v) is 11.6. The summed E-state index contributed by atoms with van der Waals surface area (Å²) in [4.78, 5) is 12.6. The van der Waals surface area contributed by atoms with E-state index >= 15 is 0 Å². The molecule has 2 aliphatic rings. The van der Waals surface area contributed by atoms with Crippen molar-refractivity contribution in [1.29, 1.82) is 0 Å². The van der Waals surface area contributed by atoms with Crippen molar-refractivity contribution in [3.05, 3.63) is 0 Å². The first kappa shape index (κ1) is 14.0. The third kappa shape index (κ3) is 3.33. The van der Waals surface area contributed by atoms with Crippen molar-refractivity contribution in [1.82, 2.24) is 0 Å². The summed E-state index contributed by atoms with van der Waals surface area (Å²) in [6, 6.07) is 0. The molecule has 0 atom stereocenters. The van der Waals surface area contributed by atoms with Crippen molar-refractivity contribution < 1.29 is 14.3 Å². The van der Waals surface area contributed by atoms with Crippen molar-refractivity contribution in [3.8, 4) is 0 Å². The quantitative estimate of drug-likeness (QED) is 0.756. The van der Waals surface area contributed by atoms with Crippen LogP contribution in [-0.4, -0.2) is 31.2 Å². The Morgan fingerprint density at radius 1 is 1.22 bits per heavy atom. The molecule has 0 spiro atoms. The predicted molar refractivity (Wildman–Crippen MR) is 70.6 cm³/mol. The van der Waals surface area contributed by atoms with Crippen molar-refractivity contribution in [2.75, 3.05) is 19.8 Å². The van der Waals surface area contributed by atoms with E-state index < -0.39 is 5.60 Å². The first-order valence-electron chi connectivity index (χ1n) is 7.52. The van der Waals surface area contributed by atoms with Crippen LogP contribution in [0.15, 0.2) is 0 Å². The monoisotopic (exact) mass is 254 g/mol. The van der Waals surface area contributed by atoms with Gasteiger partial charge in [-0.15, -0.1) is 0 Å². The van der Waals surface area contributed by atoms with Crippen molar-refractivity contribution in [2.45, 2.75) is 63.9 Å². The molecule has 1 heterocycles. The first-order chi connectivity index (χ1) is 8.77. The van der Waals surface area contributed by atoms with Gasteiger partial charge in [0.15, 0.2) is 5.78 Å². The molecule has 2 rings (SSSR count). The number of carbonyl (C=O) groups is 1. The largest absolute Gasteiger partial charge is 0.381 e. The van der Waals surface area contributed by atoms with E-state index in [9.17, 15) is 4.79 Å². The number of Topliss-reactive ketones (excluding diaryl/α,β-unsaturated/α-hetero) is 1. The second-order valence-corrected chi connectivity index (χ2v) is 5.67. The standard InChI is InChI=1S/C15H26O3/c1-2-18-15(8-4-3-5-9-15)14(16)12-13-6-10-17-11-7-13/h13H,2-12H2,1H3. The van der Waals surface area contributed by atoms with Gasteiger partial charge in [-0.05, 0) is 38.5 Å². The first-order valence-corrected chi connectivity index (χ1v) is 7.52. The van der Waals surface area contributed by atoms with Crippen molar-refractivity contribution in [3.63, 3.8) is 0 Å². The highest BCUT2D eigenvalue weighted by Gasteiger charge is 2.40. The molecular formula is C15H26O3. The molecule has 1 aliphatic heterocycles. The van der Waals surface area contributed by atoms with Crippen LogP contribution in [0.5, 0.6) is 0 Å². The molecule has 0 bridgehead atoms. The summed E-state index contributed by atoms with van der Waals surface area (Å²) < 4.78 is 11.2. The van der Waals surface area contributed by atoms with Crippen molar-refractivity contribution >= 4 is 5.78 Å². The lowest BCUT2D eigenvalue weighted by Gasteiger charge is -2.37. The molecule has 0 aromatic heterocycles. The van der Waals surface area contributed by atoms with Gasteiger partial charge < -0.3 is 9.47 Å². The van der Waals surface area contributed by atoms with Gasteiger partial charge in [0.05, 0.1) is 0 Å². The molecule has 0 amide bonds. The Morgan fingerprint density at radius 2 is 1.89 bits per heavy atom. The summed E-state index contributed by atoms with van der Waals surface area (Å²) in [6.45, 7) is 4.29. The van der Waals surface area contributed by atoms with E-state index in [4.69, 9.17) is 9.47 Å². The number of hydrogen-bond donors (Lipinski definition) is 0. The Kier molecular flexibility index (Phi) is 5.19. The van der Waals surface area contributed by atoms with Gasteiger partial charge in [-0.2, -0.15) is 0 Å². The number of ether oxygens (including phenoxy) is 2. The van der Waals surface area contributed by atoms with Gasteiger partial charge in [0.25, 0.3) is 0 Å². The van der Waals surface area contributed by atoms with Crippen LogP contribution in [0, 0.1) is 5.92 Å². The number of carbonyl (C=O) groups excluding carboxylic acids is 1. The van der Waals surface area contributed by atoms with Crippen LogP contribution in [0.4, 0.5) is 0 Å². The summed E-state index contributed by atoms with van der Waals surface area (Å²) in [7, 11) is 0. The molecule has 0 radical (unpaired) electrons. The third-order valence-corrected chi connectivity index (χ3v) is 4.40. The summed E-state index contributed by atoms with van der Waals surface area (Å²) in [6.07, 6.45) is 8.16. The molecule has 0 aromatic rings. The second-order valence-electron chi connectivity index (χ2n) is 5.67. The molecule has 2 fully saturated rings. The molecule has 104 valence electrons. The molecule has 1 saturated heterocycles. The van der Waals surface area contributed by atoms with Gasteiger partial charge in [0, 0.05) is 26.2 Å². The molecule has 0 unspecified atom stereocenters. The van der Waals surface area contributed by atoms with Gasteiger partial charge in [-0.1, -0.05) is 19.3 Å². The Hall–Kier alpha value is -0.410. The maximum atomic E-state index is 12.6. The fourth-order valence-corrected chi connectivity index (χ4v) is 3.30. The van der Waals surface area contributed by atoms with E-state index in [1.54, 1.807) is 0 Å². The van der Waals surface area contributed by atoms with Crippen LogP contribution < -0.4 is 0 Å². The maximum absolute atomic E-state index is 12.6. The van der Waals surface area contributed by atoms with Gasteiger partial charge >= 0.3 is 0 Å². The lowest BCUT2D eigenvalue weighted by molar-refractivity contribution is -0.150. The minimum atomic E-state index is -0.439. The molecule has 1 aliphatic carbocycles. The third-order valence-electron chi connectivity index (χ3n) is 4.40. The minimum Gasteiger partial charge on any atom is -0.381 e. The summed E-state index contributed by atoms with van der Waals surface area (Å²) in [5.74, 6) is 0.876. The van der Waals surface area contributed by atoms with Crippen molar-refractivity contribution in [2.24, 2.45) is 5.92 Å². The zero-order valence-electron chi connectivity index (χ0n) is 11.6. The Balaban J connectivity index is 1.94. The number of hydrogen-bond acceptors (Lipinski definition) is 3. The highest BCUT2D eigenvalue weighted by molar-refractivity contribution is 5.87. The Bertz CT molecular complexity index is 257. The molecule has 18 heavy (non-hydrogen) atoms. The van der Waals surface area contributed by atoms with E-state index in [2.05, 4.69) is 0 Å². The number of rotatable bonds is 5. The fraction of sp³-hybridized carbons (Fsp3) is 0.933. The molecule has 3 heteroatoms. The van der Waals surface area contributed by atoms with Crippen LogP contribution >= 0.6 is 0 Å². The van der Waals surface area contributed by atoms with Gasteiger partial charge in [0.1, 0.15) is 5.60 Å². The lowest BCUT2D eigenvalue weighted by atomic mass is 9.78. The normalized spacial score (nSPS) is 24.9.